The molecule has 0 aliphatic heterocycles. The SMILES string of the molecule is NC(c1ccoc1)c1ccc[nH]1. The van der Waals surface area contributed by atoms with Crippen molar-refractivity contribution in [3.8, 4) is 0 Å². The van der Waals surface area contributed by atoms with Crippen molar-refractivity contribution in [2.45, 2.75) is 6.04 Å². The first-order chi connectivity index (χ1) is 5.88. The normalized spacial score (nSPS) is 13.1. The van der Waals surface area contributed by atoms with E-state index < -0.39 is 0 Å². The van der Waals surface area contributed by atoms with Crippen LogP contribution in [0.4, 0.5) is 0 Å². The molecule has 2 heterocycles. The Labute approximate surface area is 70.2 Å². The Hall–Kier alpha value is -1.48. The van der Waals surface area contributed by atoms with Gasteiger partial charge in [-0.3, -0.25) is 0 Å². The van der Waals surface area contributed by atoms with E-state index in [1.807, 2.05) is 24.4 Å². The van der Waals surface area contributed by atoms with Crippen molar-refractivity contribution in [1.82, 2.24) is 4.98 Å². The molecule has 0 bridgehead atoms. The fraction of sp³-hybridized carbons (Fsp3) is 0.111. The molecule has 0 radical (unpaired) electrons. The van der Waals surface area contributed by atoms with E-state index in [4.69, 9.17) is 10.2 Å². The summed E-state index contributed by atoms with van der Waals surface area (Å²) in [6.07, 6.45) is 5.14. The Morgan fingerprint density at radius 1 is 1.42 bits per heavy atom. The zero-order valence-electron chi connectivity index (χ0n) is 6.53. The molecule has 0 spiro atoms. The number of nitrogens with two attached hydrogens (primary N) is 1. The van der Waals surface area contributed by atoms with Crippen LogP contribution in [0.25, 0.3) is 0 Å². The molecular formula is C9H10N2O. The molecule has 2 aromatic heterocycles. The summed E-state index contributed by atoms with van der Waals surface area (Å²) >= 11 is 0. The van der Waals surface area contributed by atoms with Crippen LogP contribution in [0.5, 0.6) is 0 Å². The fourth-order valence-electron chi connectivity index (χ4n) is 1.17. The third kappa shape index (κ3) is 1.14. The minimum absolute atomic E-state index is 0.112. The van der Waals surface area contributed by atoms with Gasteiger partial charge in [0.15, 0.2) is 0 Å². The lowest BCUT2D eigenvalue weighted by molar-refractivity contribution is 0.561. The maximum atomic E-state index is 5.91. The van der Waals surface area contributed by atoms with Gasteiger partial charge in [0.25, 0.3) is 0 Å². The van der Waals surface area contributed by atoms with Gasteiger partial charge in [0, 0.05) is 17.5 Å². The molecule has 0 saturated carbocycles. The first kappa shape index (κ1) is 7.18. The zero-order chi connectivity index (χ0) is 8.39. The standard InChI is InChI=1S/C9H10N2O/c10-9(7-3-5-12-6-7)8-2-1-4-11-8/h1-6,9,11H,10H2. The predicted octanol–water partition coefficient (Wildman–Crippen LogP) is 1.66. The Balaban J connectivity index is 2.27. The molecule has 12 heavy (non-hydrogen) atoms. The number of hydrogen-bond acceptors (Lipinski definition) is 2. The smallest absolute Gasteiger partial charge is 0.0954 e. The molecule has 0 amide bonds. The van der Waals surface area contributed by atoms with E-state index in [9.17, 15) is 0 Å². The molecule has 3 heteroatoms. The number of aromatic nitrogens is 1. The quantitative estimate of drug-likeness (QED) is 0.705. The van der Waals surface area contributed by atoms with E-state index in [1.165, 1.54) is 0 Å². The van der Waals surface area contributed by atoms with E-state index in [0.717, 1.165) is 11.3 Å². The average molecular weight is 162 g/mol. The Morgan fingerprint density at radius 3 is 2.92 bits per heavy atom. The monoisotopic (exact) mass is 162 g/mol. The largest absolute Gasteiger partial charge is 0.472 e. The van der Waals surface area contributed by atoms with E-state index in [0.29, 0.717) is 0 Å². The molecule has 1 unspecified atom stereocenters. The summed E-state index contributed by atoms with van der Waals surface area (Å²) in [6, 6.07) is 5.64. The van der Waals surface area contributed by atoms with Gasteiger partial charge in [-0.15, -0.1) is 0 Å². The Bertz CT molecular complexity index is 289. The highest BCUT2D eigenvalue weighted by Gasteiger charge is 2.09. The van der Waals surface area contributed by atoms with Gasteiger partial charge in [-0.25, -0.2) is 0 Å². The third-order valence-electron chi connectivity index (χ3n) is 1.86. The number of rotatable bonds is 2. The molecule has 2 aromatic rings. The van der Waals surface area contributed by atoms with Crippen molar-refractivity contribution < 1.29 is 4.42 Å². The topological polar surface area (TPSA) is 54.9 Å². The molecule has 0 aliphatic carbocycles. The number of H-pyrrole nitrogens is 1. The second kappa shape index (κ2) is 2.87. The predicted molar refractivity (Wildman–Crippen MR) is 45.5 cm³/mol. The van der Waals surface area contributed by atoms with Crippen LogP contribution in [-0.4, -0.2) is 4.98 Å². The van der Waals surface area contributed by atoms with Gasteiger partial charge in [0.05, 0.1) is 18.6 Å². The van der Waals surface area contributed by atoms with Crippen LogP contribution in [0.15, 0.2) is 41.3 Å². The van der Waals surface area contributed by atoms with E-state index >= 15 is 0 Å². The van der Waals surface area contributed by atoms with Gasteiger partial charge in [-0.2, -0.15) is 0 Å². The number of aromatic amines is 1. The number of hydrogen-bond donors (Lipinski definition) is 2. The molecule has 0 fully saturated rings. The maximum absolute atomic E-state index is 5.91. The second-order valence-electron chi connectivity index (χ2n) is 2.66. The molecule has 1 atom stereocenters. The first-order valence-corrected chi connectivity index (χ1v) is 3.79. The van der Waals surface area contributed by atoms with Crippen LogP contribution in [0.3, 0.4) is 0 Å². The number of furan rings is 1. The lowest BCUT2D eigenvalue weighted by Crippen LogP contribution is -2.10. The summed E-state index contributed by atoms with van der Waals surface area (Å²) < 4.78 is 4.94. The Kier molecular flexibility index (Phi) is 1.72. The van der Waals surface area contributed by atoms with Crippen LogP contribution in [-0.2, 0) is 0 Å². The molecular weight excluding hydrogens is 152 g/mol. The van der Waals surface area contributed by atoms with Crippen LogP contribution in [0.1, 0.15) is 17.3 Å². The average Bonchev–Trinajstić information content (AvgIpc) is 2.77. The molecule has 0 saturated heterocycles. The highest BCUT2D eigenvalue weighted by Crippen LogP contribution is 2.17. The van der Waals surface area contributed by atoms with Crippen LogP contribution in [0, 0.1) is 0 Å². The Morgan fingerprint density at radius 2 is 2.33 bits per heavy atom. The summed E-state index contributed by atoms with van der Waals surface area (Å²) in [5.74, 6) is 0. The van der Waals surface area contributed by atoms with Crippen molar-refractivity contribution >= 4 is 0 Å². The summed E-state index contributed by atoms with van der Waals surface area (Å²) in [7, 11) is 0. The summed E-state index contributed by atoms with van der Waals surface area (Å²) in [4.78, 5) is 3.06. The molecule has 0 aliphatic rings. The van der Waals surface area contributed by atoms with Crippen LogP contribution >= 0.6 is 0 Å². The van der Waals surface area contributed by atoms with Crippen molar-refractivity contribution in [1.29, 1.82) is 0 Å². The summed E-state index contributed by atoms with van der Waals surface area (Å²) in [6.45, 7) is 0. The van der Waals surface area contributed by atoms with Gasteiger partial charge in [0.2, 0.25) is 0 Å². The van der Waals surface area contributed by atoms with Crippen molar-refractivity contribution in [2.75, 3.05) is 0 Å². The molecule has 62 valence electrons. The van der Waals surface area contributed by atoms with Gasteiger partial charge < -0.3 is 15.1 Å². The van der Waals surface area contributed by atoms with Gasteiger partial charge >= 0.3 is 0 Å². The molecule has 2 rings (SSSR count). The summed E-state index contributed by atoms with van der Waals surface area (Å²) in [5.41, 5.74) is 7.89. The maximum Gasteiger partial charge on any atom is 0.0954 e. The van der Waals surface area contributed by atoms with E-state index in [1.54, 1.807) is 12.5 Å². The lowest BCUT2D eigenvalue weighted by Gasteiger charge is -2.05. The van der Waals surface area contributed by atoms with E-state index in [-0.39, 0.29) is 6.04 Å². The second-order valence-corrected chi connectivity index (χ2v) is 2.66. The first-order valence-electron chi connectivity index (χ1n) is 3.79. The van der Waals surface area contributed by atoms with Crippen molar-refractivity contribution in [3.63, 3.8) is 0 Å². The highest BCUT2D eigenvalue weighted by molar-refractivity contribution is 5.23. The van der Waals surface area contributed by atoms with E-state index in [2.05, 4.69) is 4.98 Å². The van der Waals surface area contributed by atoms with Crippen molar-refractivity contribution in [2.24, 2.45) is 5.73 Å². The minimum Gasteiger partial charge on any atom is -0.472 e. The fourth-order valence-corrected chi connectivity index (χ4v) is 1.17. The molecule has 3 N–H and O–H groups in total. The van der Waals surface area contributed by atoms with Gasteiger partial charge in [-0.1, -0.05) is 0 Å². The molecule has 0 aromatic carbocycles. The van der Waals surface area contributed by atoms with Crippen LogP contribution in [0.2, 0.25) is 0 Å². The number of nitrogens with one attached hydrogen (secondary N) is 1. The highest BCUT2D eigenvalue weighted by atomic mass is 16.3. The van der Waals surface area contributed by atoms with Gasteiger partial charge in [0.1, 0.15) is 0 Å². The van der Waals surface area contributed by atoms with Gasteiger partial charge in [-0.05, 0) is 18.2 Å². The van der Waals surface area contributed by atoms with Crippen LogP contribution < -0.4 is 5.73 Å². The van der Waals surface area contributed by atoms with Crippen molar-refractivity contribution in [3.05, 3.63) is 48.2 Å². The zero-order valence-corrected chi connectivity index (χ0v) is 6.53. The lowest BCUT2D eigenvalue weighted by atomic mass is 10.1. The summed E-state index contributed by atoms with van der Waals surface area (Å²) in [5, 5.41) is 0. The molecule has 3 nitrogen and oxygen atoms in total. The third-order valence-corrected chi connectivity index (χ3v) is 1.86. The minimum atomic E-state index is -0.112.